The van der Waals surface area contributed by atoms with Crippen LogP contribution in [0.1, 0.15) is 55.2 Å². The number of hydrogen-bond donors (Lipinski definition) is 5. The molecule has 5 N–H and O–H groups in total. The summed E-state index contributed by atoms with van der Waals surface area (Å²) in [5.41, 5.74) is 2.04. The SMILES string of the molecule is Cc1ccc(/C=C/C(=O)OC2CCCC(C(=O)NC3CC3)C2)cc1O.O=C(O)/C=C/c1ccc(O)c(O)c1. The lowest BCUT2D eigenvalue weighted by atomic mass is 9.86. The smallest absolute Gasteiger partial charge is 0.331 e. The summed E-state index contributed by atoms with van der Waals surface area (Å²) in [5.74, 6) is -1.72. The molecule has 2 fully saturated rings. The average Bonchev–Trinajstić information content (AvgIpc) is 3.70. The van der Waals surface area contributed by atoms with Crippen molar-refractivity contribution in [2.24, 2.45) is 5.92 Å². The number of aryl methyl sites for hydroxylation is 1. The van der Waals surface area contributed by atoms with E-state index < -0.39 is 11.9 Å². The van der Waals surface area contributed by atoms with Gasteiger partial charge in [0.1, 0.15) is 11.9 Å². The van der Waals surface area contributed by atoms with E-state index in [-0.39, 0.29) is 35.2 Å². The number of esters is 1. The minimum atomic E-state index is -1.06. The van der Waals surface area contributed by atoms with Crippen molar-refractivity contribution in [1.29, 1.82) is 0 Å². The highest BCUT2D eigenvalue weighted by Gasteiger charge is 2.32. The van der Waals surface area contributed by atoms with E-state index in [1.54, 1.807) is 18.2 Å². The molecule has 0 aromatic heterocycles. The van der Waals surface area contributed by atoms with Crippen molar-refractivity contribution in [2.75, 3.05) is 0 Å². The summed E-state index contributed by atoms with van der Waals surface area (Å²) < 4.78 is 5.50. The van der Waals surface area contributed by atoms with E-state index in [1.165, 1.54) is 30.4 Å². The number of aliphatic carboxylic acids is 1. The van der Waals surface area contributed by atoms with Crippen LogP contribution in [-0.2, 0) is 19.1 Å². The molecule has 2 saturated carbocycles. The normalized spacial score (nSPS) is 19.0. The largest absolute Gasteiger partial charge is 0.508 e. The highest BCUT2D eigenvalue weighted by Crippen LogP contribution is 2.29. The molecule has 2 aliphatic carbocycles. The molecule has 0 saturated heterocycles. The Kier molecular flexibility index (Phi) is 9.92. The van der Waals surface area contributed by atoms with Crippen LogP contribution in [0.3, 0.4) is 0 Å². The Morgan fingerprint density at radius 1 is 0.868 bits per heavy atom. The number of ether oxygens (including phenoxy) is 1. The number of rotatable bonds is 7. The maximum absolute atomic E-state index is 12.2. The maximum Gasteiger partial charge on any atom is 0.331 e. The molecule has 0 radical (unpaired) electrons. The van der Waals surface area contributed by atoms with Crippen LogP contribution in [0.5, 0.6) is 17.2 Å². The first kappa shape index (κ1) is 28.3. The molecule has 0 spiro atoms. The summed E-state index contributed by atoms with van der Waals surface area (Å²) in [6, 6.07) is 9.66. The second kappa shape index (κ2) is 13.3. The van der Waals surface area contributed by atoms with Gasteiger partial charge in [0.2, 0.25) is 5.91 Å². The third kappa shape index (κ3) is 9.31. The Bertz CT molecular complexity index is 1220. The molecule has 202 valence electrons. The minimum Gasteiger partial charge on any atom is -0.508 e. The summed E-state index contributed by atoms with van der Waals surface area (Å²) in [5, 5.41) is 39.0. The maximum atomic E-state index is 12.2. The zero-order valence-electron chi connectivity index (χ0n) is 21.2. The highest BCUT2D eigenvalue weighted by atomic mass is 16.5. The summed E-state index contributed by atoms with van der Waals surface area (Å²) in [7, 11) is 0. The summed E-state index contributed by atoms with van der Waals surface area (Å²) in [4.78, 5) is 34.3. The van der Waals surface area contributed by atoms with Crippen LogP contribution in [0.2, 0.25) is 0 Å². The van der Waals surface area contributed by atoms with E-state index in [9.17, 15) is 19.5 Å². The van der Waals surface area contributed by atoms with Crippen molar-refractivity contribution < 1.29 is 39.5 Å². The Morgan fingerprint density at radius 2 is 1.53 bits per heavy atom. The second-order valence-electron chi connectivity index (χ2n) is 9.50. The number of aromatic hydroxyl groups is 3. The number of carboxylic acid groups (broad SMARTS) is 1. The molecule has 9 nitrogen and oxygen atoms in total. The molecule has 2 aromatic rings. The lowest BCUT2D eigenvalue weighted by Gasteiger charge is -2.27. The molecule has 2 aliphatic rings. The standard InChI is InChI=1S/C20H25NO4.C9H8O4/c1-13-5-6-14(11-18(13)22)7-10-19(23)25-17-4-2-3-15(12-17)20(24)21-16-8-9-16;10-7-3-1-6(5-8(7)11)2-4-9(12)13/h5-7,10-11,15-17,22H,2-4,8-9,12H2,1H3,(H,21,24);1-5,10-11H,(H,12,13)/b10-7+;4-2+. The number of amides is 1. The third-order valence-corrected chi connectivity index (χ3v) is 6.27. The Balaban J connectivity index is 0.000000260. The predicted octanol–water partition coefficient (Wildman–Crippen LogP) is 4.29. The van der Waals surface area contributed by atoms with Crippen molar-refractivity contribution in [3.63, 3.8) is 0 Å². The topological polar surface area (TPSA) is 153 Å². The van der Waals surface area contributed by atoms with Gasteiger partial charge in [-0.05, 0) is 92.5 Å². The van der Waals surface area contributed by atoms with Gasteiger partial charge in [-0.1, -0.05) is 18.2 Å². The number of nitrogens with one attached hydrogen (secondary N) is 1. The van der Waals surface area contributed by atoms with E-state index in [4.69, 9.17) is 20.1 Å². The average molecular weight is 524 g/mol. The van der Waals surface area contributed by atoms with Gasteiger partial charge in [0, 0.05) is 24.1 Å². The molecule has 2 aromatic carbocycles. The molecule has 9 heteroatoms. The van der Waals surface area contributed by atoms with Crippen LogP contribution in [0.15, 0.2) is 48.6 Å². The van der Waals surface area contributed by atoms with Gasteiger partial charge < -0.3 is 30.5 Å². The van der Waals surface area contributed by atoms with Crippen molar-refractivity contribution in [3.8, 4) is 17.2 Å². The first-order valence-electron chi connectivity index (χ1n) is 12.5. The lowest BCUT2D eigenvalue weighted by molar-refractivity contribution is -0.147. The van der Waals surface area contributed by atoms with Crippen LogP contribution in [0.4, 0.5) is 0 Å². The zero-order chi connectivity index (χ0) is 27.7. The number of carbonyl (C=O) groups excluding carboxylic acids is 2. The quantitative estimate of drug-likeness (QED) is 0.205. The molecule has 0 heterocycles. The van der Waals surface area contributed by atoms with E-state index in [0.717, 1.165) is 49.3 Å². The van der Waals surface area contributed by atoms with Crippen molar-refractivity contribution in [1.82, 2.24) is 5.32 Å². The van der Waals surface area contributed by atoms with Gasteiger partial charge in [0.15, 0.2) is 11.5 Å². The van der Waals surface area contributed by atoms with E-state index >= 15 is 0 Å². The molecule has 0 aliphatic heterocycles. The molecule has 4 rings (SSSR count). The molecule has 2 unspecified atom stereocenters. The first-order valence-corrected chi connectivity index (χ1v) is 12.5. The molecule has 38 heavy (non-hydrogen) atoms. The van der Waals surface area contributed by atoms with Crippen LogP contribution in [0, 0.1) is 12.8 Å². The van der Waals surface area contributed by atoms with Gasteiger partial charge in [0.05, 0.1) is 0 Å². The lowest BCUT2D eigenvalue weighted by Crippen LogP contribution is -2.37. The molecular weight excluding hydrogens is 490 g/mol. The van der Waals surface area contributed by atoms with Gasteiger partial charge in [-0.15, -0.1) is 0 Å². The van der Waals surface area contributed by atoms with E-state index in [0.29, 0.717) is 18.0 Å². The Hall–Kier alpha value is -4.27. The van der Waals surface area contributed by atoms with Crippen molar-refractivity contribution >= 4 is 30.0 Å². The number of benzene rings is 2. The van der Waals surface area contributed by atoms with Gasteiger partial charge in [-0.3, -0.25) is 4.79 Å². The van der Waals surface area contributed by atoms with Gasteiger partial charge >= 0.3 is 11.9 Å². The number of carboxylic acids is 1. The van der Waals surface area contributed by atoms with Crippen LogP contribution >= 0.6 is 0 Å². The minimum absolute atomic E-state index is 0.0508. The fraction of sp³-hybridized carbons (Fsp3) is 0.345. The molecular formula is C29H33NO8. The van der Waals surface area contributed by atoms with E-state index in [1.807, 2.05) is 13.0 Å². The third-order valence-electron chi connectivity index (χ3n) is 6.27. The summed E-state index contributed by atoms with van der Waals surface area (Å²) >= 11 is 0. The molecule has 0 bridgehead atoms. The van der Waals surface area contributed by atoms with Gasteiger partial charge in [-0.25, -0.2) is 9.59 Å². The van der Waals surface area contributed by atoms with E-state index in [2.05, 4.69) is 5.32 Å². The predicted molar refractivity (Wildman–Crippen MR) is 141 cm³/mol. The van der Waals surface area contributed by atoms with Crippen molar-refractivity contribution in [3.05, 3.63) is 65.2 Å². The van der Waals surface area contributed by atoms with Gasteiger partial charge in [-0.2, -0.15) is 0 Å². The Morgan fingerprint density at radius 3 is 2.16 bits per heavy atom. The van der Waals surface area contributed by atoms with Crippen LogP contribution in [-0.4, -0.2) is 50.4 Å². The highest BCUT2D eigenvalue weighted by molar-refractivity contribution is 5.87. The van der Waals surface area contributed by atoms with Gasteiger partial charge in [0.25, 0.3) is 0 Å². The number of hydrogen-bond acceptors (Lipinski definition) is 7. The molecule has 1 amide bonds. The number of phenols is 3. The monoisotopic (exact) mass is 523 g/mol. The fourth-order valence-electron chi connectivity index (χ4n) is 3.95. The Labute approximate surface area is 221 Å². The van der Waals surface area contributed by atoms with Crippen LogP contribution < -0.4 is 5.32 Å². The first-order chi connectivity index (χ1) is 18.1. The van der Waals surface area contributed by atoms with Crippen LogP contribution in [0.25, 0.3) is 12.2 Å². The number of phenolic OH excluding ortho intramolecular Hbond substituents is 3. The summed E-state index contributed by atoms with van der Waals surface area (Å²) in [6.07, 6.45) is 10.4. The molecule has 2 atom stereocenters. The number of carbonyl (C=O) groups is 3. The second-order valence-corrected chi connectivity index (χ2v) is 9.50. The fourth-order valence-corrected chi connectivity index (χ4v) is 3.95. The zero-order valence-corrected chi connectivity index (χ0v) is 21.2. The van der Waals surface area contributed by atoms with Crippen molar-refractivity contribution in [2.45, 2.75) is 57.6 Å². The summed E-state index contributed by atoms with van der Waals surface area (Å²) in [6.45, 7) is 1.82.